The molecule has 1 unspecified atom stereocenters. The second-order valence-corrected chi connectivity index (χ2v) is 3.85. The number of rotatable bonds is 3. The van der Waals surface area contributed by atoms with E-state index in [-0.39, 0.29) is 6.04 Å². The van der Waals surface area contributed by atoms with Crippen molar-refractivity contribution in [1.82, 2.24) is 0 Å². The van der Waals surface area contributed by atoms with Gasteiger partial charge in [-0.05, 0) is 19.8 Å². The number of carbonyl (C=O) groups is 1. The molecular weight excluding hydrogens is 198 g/mol. The lowest BCUT2D eigenvalue weighted by Crippen LogP contribution is -2.27. The third kappa shape index (κ3) is 11.1. The number of hydrogen-bond acceptors (Lipinski definition) is 3. The fraction of sp³-hybridized carbons (Fsp3) is 0.900. The molecule has 1 saturated carbocycles. The van der Waals surface area contributed by atoms with Gasteiger partial charge in [-0.1, -0.05) is 19.3 Å². The third-order valence-corrected chi connectivity index (χ3v) is 2.15. The third-order valence-electron chi connectivity index (χ3n) is 2.15. The lowest BCUT2D eigenvalue weighted by atomic mass is 9.98. The van der Waals surface area contributed by atoms with Gasteiger partial charge >= 0.3 is 6.16 Å². The number of nitrogens with two attached hydrogens (primary N) is 1. The summed E-state index contributed by atoms with van der Waals surface area (Å²) in [6.45, 7) is 2.72. The van der Waals surface area contributed by atoms with Crippen molar-refractivity contribution in [2.75, 3.05) is 6.61 Å². The zero-order chi connectivity index (χ0) is 11.7. The fourth-order valence-electron chi connectivity index (χ4n) is 1.52. The summed E-state index contributed by atoms with van der Waals surface area (Å²) in [7, 11) is 0. The van der Waals surface area contributed by atoms with Crippen molar-refractivity contribution in [3.8, 4) is 0 Å². The van der Waals surface area contributed by atoms with E-state index in [4.69, 9.17) is 25.5 Å². The first-order chi connectivity index (χ1) is 7.02. The minimum Gasteiger partial charge on any atom is -0.450 e. The molecule has 0 radical (unpaired) electrons. The van der Waals surface area contributed by atoms with Gasteiger partial charge in [0.15, 0.2) is 0 Å². The van der Waals surface area contributed by atoms with Crippen LogP contribution in [0.5, 0.6) is 0 Å². The fourth-order valence-corrected chi connectivity index (χ4v) is 1.52. The second kappa shape index (κ2) is 8.49. The zero-order valence-electron chi connectivity index (χ0n) is 9.19. The highest BCUT2D eigenvalue weighted by molar-refractivity contribution is 5.53. The molecule has 0 spiro atoms. The van der Waals surface area contributed by atoms with Crippen LogP contribution in [0.25, 0.3) is 0 Å². The molecule has 0 aromatic heterocycles. The summed E-state index contributed by atoms with van der Waals surface area (Å²) in [5.41, 5.74) is 5.58. The maximum absolute atomic E-state index is 8.56. The molecule has 1 aliphatic rings. The van der Waals surface area contributed by atoms with E-state index in [2.05, 4.69) is 0 Å². The van der Waals surface area contributed by atoms with Gasteiger partial charge in [-0.15, -0.1) is 0 Å². The molecule has 0 aromatic rings. The van der Waals surface area contributed by atoms with E-state index in [0.717, 1.165) is 6.61 Å². The van der Waals surface area contributed by atoms with Crippen LogP contribution in [-0.2, 0) is 4.74 Å². The Bertz CT molecular complexity index is 163. The van der Waals surface area contributed by atoms with E-state index in [0.29, 0.717) is 6.10 Å². The molecule has 5 heteroatoms. The SMILES string of the molecule is CC(N)COC1CCCCC1.O=C(O)O. The smallest absolute Gasteiger partial charge is 0.450 e. The molecule has 0 aliphatic heterocycles. The molecule has 0 saturated heterocycles. The number of hydrogen-bond donors (Lipinski definition) is 3. The van der Waals surface area contributed by atoms with Crippen LogP contribution in [-0.4, -0.2) is 35.1 Å². The lowest BCUT2D eigenvalue weighted by Gasteiger charge is -2.22. The van der Waals surface area contributed by atoms with Gasteiger partial charge in [0.05, 0.1) is 12.7 Å². The summed E-state index contributed by atoms with van der Waals surface area (Å²) in [6, 6.07) is 0.192. The summed E-state index contributed by atoms with van der Waals surface area (Å²) in [6.07, 6.45) is 5.22. The van der Waals surface area contributed by atoms with Crippen LogP contribution in [0, 0.1) is 0 Å². The first-order valence-electron chi connectivity index (χ1n) is 5.31. The van der Waals surface area contributed by atoms with Crippen LogP contribution in [0.2, 0.25) is 0 Å². The second-order valence-electron chi connectivity index (χ2n) is 3.85. The molecule has 0 heterocycles. The van der Waals surface area contributed by atoms with E-state index < -0.39 is 6.16 Å². The molecule has 15 heavy (non-hydrogen) atoms. The first-order valence-corrected chi connectivity index (χ1v) is 5.31. The molecule has 0 bridgehead atoms. The number of ether oxygens (including phenoxy) is 1. The molecule has 0 aromatic carbocycles. The summed E-state index contributed by atoms with van der Waals surface area (Å²) < 4.78 is 5.62. The van der Waals surface area contributed by atoms with Crippen molar-refractivity contribution in [3.05, 3.63) is 0 Å². The van der Waals surface area contributed by atoms with Crippen LogP contribution < -0.4 is 5.73 Å². The monoisotopic (exact) mass is 219 g/mol. The minimum absolute atomic E-state index is 0.192. The molecule has 5 nitrogen and oxygen atoms in total. The van der Waals surface area contributed by atoms with Crippen molar-refractivity contribution < 1.29 is 19.7 Å². The Balaban J connectivity index is 0.000000423. The first kappa shape index (κ1) is 14.2. The van der Waals surface area contributed by atoms with Crippen molar-refractivity contribution in [1.29, 1.82) is 0 Å². The normalized spacial score (nSPS) is 18.8. The van der Waals surface area contributed by atoms with Crippen molar-refractivity contribution in [3.63, 3.8) is 0 Å². The molecule has 4 N–H and O–H groups in total. The highest BCUT2D eigenvalue weighted by Crippen LogP contribution is 2.19. The van der Waals surface area contributed by atoms with Crippen molar-refractivity contribution >= 4 is 6.16 Å². The summed E-state index contributed by atoms with van der Waals surface area (Å²) >= 11 is 0. The van der Waals surface area contributed by atoms with Crippen molar-refractivity contribution in [2.24, 2.45) is 5.73 Å². The summed E-state index contributed by atoms with van der Waals surface area (Å²) in [4.78, 5) is 8.56. The van der Waals surface area contributed by atoms with Gasteiger partial charge in [-0.3, -0.25) is 0 Å². The highest BCUT2D eigenvalue weighted by atomic mass is 16.6. The van der Waals surface area contributed by atoms with Gasteiger partial charge in [-0.2, -0.15) is 0 Å². The summed E-state index contributed by atoms with van der Waals surface area (Å²) in [5, 5.41) is 13.9. The highest BCUT2D eigenvalue weighted by Gasteiger charge is 2.13. The van der Waals surface area contributed by atoms with Crippen LogP contribution in [0.4, 0.5) is 4.79 Å². The lowest BCUT2D eigenvalue weighted by molar-refractivity contribution is 0.0229. The molecule has 1 aliphatic carbocycles. The van der Waals surface area contributed by atoms with Crippen LogP contribution in [0.3, 0.4) is 0 Å². The van der Waals surface area contributed by atoms with Crippen LogP contribution in [0.1, 0.15) is 39.0 Å². The Morgan fingerprint density at radius 3 is 2.27 bits per heavy atom. The van der Waals surface area contributed by atoms with E-state index in [9.17, 15) is 0 Å². The van der Waals surface area contributed by atoms with E-state index in [1.165, 1.54) is 32.1 Å². The van der Waals surface area contributed by atoms with Crippen LogP contribution >= 0.6 is 0 Å². The van der Waals surface area contributed by atoms with Gasteiger partial charge < -0.3 is 20.7 Å². The number of carboxylic acid groups (broad SMARTS) is 2. The topological polar surface area (TPSA) is 92.8 Å². The van der Waals surface area contributed by atoms with Gasteiger partial charge in [0, 0.05) is 6.04 Å². The predicted octanol–water partition coefficient (Wildman–Crippen LogP) is 1.91. The Hall–Kier alpha value is -0.810. The van der Waals surface area contributed by atoms with Crippen molar-refractivity contribution in [2.45, 2.75) is 51.2 Å². The maximum Gasteiger partial charge on any atom is 0.503 e. The molecule has 1 atom stereocenters. The van der Waals surface area contributed by atoms with Crippen LogP contribution in [0.15, 0.2) is 0 Å². The quantitative estimate of drug-likeness (QED) is 0.674. The summed E-state index contributed by atoms with van der Waals surface area (Å²) in [5.74, 6) is 0. The maximum atomic E-state index is 8.56. The molecule has 0 amide bonds. The Labute approximate surface area is 90.2 Å². The molecule has 90 valence electrons. The minimum atomic E-state index is -1.83. The molecule has 1 fully saturated rings. The van der Waals surface area contributed by atoms with Gasteiger partial charge in [0.25, 0.3) is 0 Å². The van der Waals surface area contributed by atoms with E-state index in [1.807, 2.05) is 6.92 Å². The predicted molar refractivity (Wildman–Crippen MR) is 57.1 cm³/mol. The average molecular weight is 219 g/mol. The largest absolute Gasteiger partial charge is 0.503 e. The standard InChI is InChI=1S/C9H19NO.CH2O3/c1-8(10)7-11-9-5-3-2-4-6-9;2-1(3)4/h8-9H,2-7,10H2,1H3;(H2,2,3,4). The Kier molecular flexibility index (Phi) is 8.04. The Morgan fingerprint density at radius 2 is 1.87 bits per heavy atom. The molecular formula is C10H21NO4. The van der Waals surface area contributed by atoms with Gasteiger partial charge in [-0.25, -0.2) is 4.79 Å². The van der Waals surface area contributed by atoms with Gasteiger partial charge in [0.2, 0.25) is 0 Å². The molecule has 1 rings (SSSR count). The van der Waals surface area contributed by atoms with Gasteiger partial charge in [0.1, 0.15) is 0 Å². The average Bonchev–Trinajstić information content (AvgIpc) is 2.15. The Morgan fingerprint density at radius 1 is 1.40 bits per heavy atom. The van der Waals surface area contributed by atoms with E-state index >= 15 is 0 Å². The zero-order valence-corrected chi connectivity index (χ0v) is 9.19. The van der Waals surface area contributed by atoms with E-state index in [1.54, 1.807) is 0 Å².